The van der Waals surface area contributed by atoms with Crippen molar-refractivity contribution in [3.63, 3.8) is 0 Å². The van der Waals surface area contributed by atoms with Crippen molar-refractivity contribution in [3.05, 3.63) is 29.7 Å². The zero-order valence-electron chi connectivity index (χ0n) is 12.0. The van der Waals surface area contributed by atoms with E-state index in [0.29, 0.717) is 25.4 Å². The highest BCUT2D eigenvalue weighted by molar-refractivity contribution is 5.92. The number of aromatic nitrogens is 4. The van der Waals surface area contributed by atoms with Crippen LogP contribution in [-0.2, 0) is 4.74 Å². The van der Waals surface area contributed by atoms with Gasteiger partial charge in [0.2, 0.25) is 0 Å². The van der Waals surface area contributed by atoms with Gasteiger partial charge in [-0.2, -0.15) is 15.0 Å². The molecule has 2 aromatic rings. The number of nitrogens with two attached hydrogens (primary N) is 1. The predicted molar refractivity (Wildman–Crippen MR) is 76.4 cm³/mol. The predicted octanol–water partition coefficient (Wildman–Crippen LogP) is -0.203. The lowest BCUT2D eigenvalue weighted by Gasteiger charge is -2.28. The number of hydrogen-bond acceptors (Lipinski definition) is 8. The summed E-state index contributed by atoms with van der Waals surface area (Å²) < 4.78 is 6.77. The summed E-state index contributed by atoms with van der Waals surface area (Å²) >= 11 is 0. The van der Waals surface area contributed by atoms with E-state index in [0.717, 1.165) is 10.9 Å². The number of ether oxygens (including phenoxy) is 1. The third-order valence-electron chi connectivity index (χ3n) is 3.43. The quantitative estimate of drug-likeness (QED) is 0.735. The van der Waals surface area contributed by atoms with Crippen LogP contribution in [0.2, 0.25) is 0 Å². The molecule has 10 heteroatoms. The first-order valence-corrected chi connectivity index (χ1v) is 6.76. The van der Waals surface area contributed by atoms with Crippen molar-refractivity contribution in [2.45, 2.75) is 6.10 Å². The molecule has 0 aromatic carbocycles. The Balaban J connectivity index is 1.91. The minimum atomic E-state index is -1.18. The third kappa shape index (κ3) is 2.77. The molecule has 3 heterocycles. The monoisotopic (exact) mass is 315 g/mol. The molecule has 2 aromatic heterocycles. The number of anilines is 1. The number of carboxylic acids is 1. The standard InChI is InChI=1S/C13H13N7O3/c14-7-19-3-4-23-10(6-19)9-1-2-16-13(18-9)20-11(15)8(5-17-20)12(21)22/h1-2,5,10H,3-4,6,15H2,(H,21,22). The fraction of sp³-hybridized carbons (Fsp3) is 0.308. The highest BCUT2D eigenvalue weighted by Crippen LogP contribution is 2.21. The first-order valence-electron chi connectivity index (χ1n) is 6.76. The van der Waals surface area contributed by atoms with E-state index in [1.54, 1.807) is 11.0 Å². The summed E-state index contributed by atoms with van der Waals surface area (Å²) in [5.41, 5.74) is 6.21. The van der Waals surface area contributed by atoms with Gasteiger partial charge in [-0.3, -0.25) is 0 Å². The van der Waals surface area contributed by atoms with Gasteiger partial charge in [-0.1, -0.05) is 0 Å². The maximum atomic E-state index is 11.0. The molecule has 3 N–H and O–H groups in total. The Hall–Kier alpha value is -3.19. The minimum absolute atomic E-state index is 0.0575. The number of carbonyl (C=O) groups is 1. The van der Waals surface area contributed by atoms with Gasteiger partial charge in [-0.05, 0) is 6.07 Å². The number of nitrogen functional groups attached to an aromatic ring is 1. The molecule has 0 aliphatic carbocycles. The first kappa shape index (κ1) is 14.7. The van der Waals surface area contributed by atoms with Crippen LogP contribution in [0.15, 0.2) is 18.5 Å². The summed E-state index contributed by atoms with van der Waals surface area (Å²) in [5.74, 6) is -1.09. The number of nitriles is 1. The zero-order valence-corrected chi connectivity index (χ0v) is 12.0. The van der Waals surface area contributed by atoms with Gasteiger partial charge in [-0.15, -0.1) is 0 Å². The molecular formula is C13H13N7O3. The van der Waals surface area contributed by atoms with Gasteiger partial charge in [0.1, 0.15) is 17.5 Å². The smallest absolute Gasteiger partial charge is 0.341 e. The van der Waals surface area contributed by atoms with Crippen LogP contribution in [0.4, 0.5) is 5.82 Å². The van der Waals surface area contributed by atoms with Gasteiger partial charge < -0.3 is 20.5 Å². The number of carboxylic acid groups (broad SMARTS) is 1. The maximum absolute atomic E-state index is 11.0. The fourth-order valence-electron chi connectivity index (χ4n) is 2.24. The molecule has 3 rings (SSSR count). The Kier molecular flexibility index (Phi) is 3.78. The van der Waals surface area contributed by atoms with Crippen molar-refractivity contribution in [2.75, 3.05) is 25.4 Å². The first-order chi connectivity index (χ1) is 11.1. The highest BCUT2D eigenvalue weighted by atomic mass is 16.5. The summed E-state index contributed by atoms with van der Waals surface area (Å²) in [6.45, 7) is 1.35. The molecule has 1 aliphatic rings. The van der Waals surface area contributed by atoms with Gasteiger partial charge in [0.15, 0.2) is 6.19 Å². The SMILES string of the molecule is N#CN1CCOC(c2ccnc(-n3ncc(C(=O)O)c3N)n2)C1. The highest BCUT2D eigenvalue weighted by Gasteiger charge is 2.24. The molecule has 1 fully saturated rings. The lowest BCUT2D eigenvalue weighted by molar-refractivity contribution is -0.0134. The average molecular weight is 315 g/mol. The van der Waals surface area contributed by atoms with Crippen molar-refractivity contribution >= 4 is 11.8 Å². The van der Waals surface area contributed by atoms with E-state index in [4.69, 9.17) is 20.8 Å². The molecule has 1 saturated heterocycles. The molecule has 0 radical (unpaired) electrons. The van der Waals surface area contributed by atoms with E-state index in [1.807, 2.05) is 0 Å². The molecule has 23 heavy (non-hydrogen) atoms. The minimum Gasteiger partial charge on any atom is -0.477 e. The molecule has 10 nitrogen and oxygen atoms in total. The summed E-state index contributed by atoms with van der Waals surface area (Å²) in [7, 11) is 0. The van der Waals surface area contributed by atoms with Crippen LogP contribution in [-0.4, -0.2) is 55.4 Å². The third-order valence-corrected chi connectivity index (χ3v) is 3.43. The summed E-state index contributed by atoms with van der Waals surface area (Å²) in [6, 6.07) is 1.67. The van der Waals surface area contributed by atoms with Crippen LogP contribution in [0.1, 0.15) is 22.2 Å². The molecule has 0 spiro atoms. The zero-order chi connectivity index (χ0) is 16.4. The number of rotatable bonds is 3. The summed E-state index contributed by atoms with van der Waals surface area (Å²) in [4.78, 5) is 21.0. The van der Waals surface area contributed by atoms with Crippen LogP contribution < -0.4 is 5.73 Å². The van der Waals surface area contributed by atoms with Crippen molar-refractivity contribution in [2.24, 2.45) is 0 Å². The van der Waals surface area contributed by atoms with Gasteiger partial charge in [0, 0.05) is 6.20 Å². The Morgan fingerprint density at radius 2 is 2.39 bits per heavy atom. The van der Waals surface area contributed by atoms with Gasteiger partial charge in [0.05, 0.1) is 31.6 Å². The largest absolute Gasteiger partial charge is 0.477 e. The van der Waals surface area contributed by atoms with Crippen molar-refractivity contribution in [3.8, 4) is 12.1 Å². The van der Waals surface area contributed by atoms with Crippen LogP contribution in [0.5, 0.6) is 0 Å². The van der Waals surface area contributed by atoms with E-state index in [2.05, 4.69) is 21.3 Å². The van der Waals surface area contributed by atoms with E-state index in [1.165, 1.54) is 6.20 Å². The van der Waals surface area contributed by atoms with Gasteiger partial charge in [0.25, 0.3) is 5.95 Å². The molecule has 0 bridgehead atoms. The number of morpholine rings is 1. The molecule has 118 valence electrons. The van der Waals surface area contributed by atoms with Gasteiger partial charge >= 0.3 is 5.97 Å². The van der Waals surface area contributed by atoms with Gasteiger partial charge in [-0.25, -0.2) is 14.8 Å². The van der Waals surface area contributed by atoms with Crippen molar-refractivity contribution in [1.82, 2.24) is 24.6 Å². The van der Waals surface area contributed by atoms with E-state index in [9.17, 15) is 4.79 Å². The summed E-state index contributed by atoms with van der Waals surface area (Å²) in [5, 5.41) is 21.9. The second-order valence-electron chi connectivity index (χ2n) is 4.85. The average Bonchev–Trinajstić information content (AvgIpc) is 2.97. The van der Waals surface area contributed by atoms with Crippen LogP contribution >= 0.6 is 0 Å². The molecule has 1 atom stereocenters. The fourth-order valence-corrected chi connectivity index (χ4v) is 2.24. The number of nitrogens with zero attached hydrogens (tertiary/aromatic N) is 6. The second kappa shape index (κ2) is 5.90. The van der Waals surface area contributed by atoms with E-state index >= 15 is 0 Å². The molecule has 0 saturated carbocycles. The lowest BCUT2D eigenvalue weighted by atomic mass is 10.2. The second-order valence-corrected chi connectivity index (χ2v) is 4.85. The van der Waals surface area contributed by atoms with Crippen LogP contribution in [0, 0.1) is 11.5 Å². The van der Waals surface area contributed by atoms with E-state index < -0.39 is 5.97 Å². The van der Waals surface area contributed by atoms with Crippen molar-refractivity contribution in [1.29, 1.82) is 5.26 Å². The maximum Gasteiger partial charge on any atom is 0.341 e. The van der Waals surface area contributed by atoms with Crippen LogP contribution in [0.25, 0.3) is 5.95 Å². The van der Waals surface area contributed by atoms with Crippen molar-refractivity contribution < 1.29 is 14.6 Å². The lowest BCUT2D eigenvalue weighted by Crippen LogP contribution is -2.35. The topological polar surface area (TPSA) is 143 Å². The number of aromatic carboxylic acids is 1. The Morgan fingerprint density at radius 3 is 3.09 bits per heavy atom. The molecule has 1 aliphatic heterocycles. The van der Waals surface area contributed by atoms with E-state index in [-0.39, 0.29) is 23.4 Å². The molecule has 0 amide bonds. The molecular weight excluding hydrogens is 302 g/mol. The molecule has 1 unspecified atom stereocenters. The van der Waals surface area contributed by atoms with Crippen LogP contribution in [0.3, 0.4) is 0 Å². The Labute approximate surface area is 130 Å². The Bertz CT molecular complexity index is 782. The normalized spacial score (nSPS) is 17.7. The summed E-state index contributed by atoms with van der Waals surface area (Å²) in [6.07, 6.45) is 4.36. The Morgan fingerprint density at radius 1 is 1.57 bits per heavy atom. The number of hydrogen-bond donors (Lipinski definition) is 2.